The number of hydrogen-bond donors (Lipinski definition) is 2. The maximum absolute atomic E-state index is 10.8. The normalized spacial score (nSPS) is 26.6. The van der Waals surface area contributed by atoms with E-state index in [0.717, 1.165) is 0 Å². The highest BCUT2D eigenvalue weighted by molar-refractivity contribution is 5.70. The standard InChI is InChI=1S/C9H15NO4/c1-14-9(13)10-7-4-2-6(3-5-7)8(11)12/h6-7H,2-5H2,1H3,(H,10,13)(H,11,12). The Kier molecular flexibility index (Phi) is 3.73. The van der Waals surface area contributed by atoms with Crippen molar-refractivity contribution in [2.45, 2.75) is 31.7 Å². The number of carbonyl (C=O) groups is 2. The molecule has 0 atom stereocenters. The zero-order valence-electron chi connectivity index (χ0n) is 8.16. The van der Waals surface area contributed by atoms with Gasteiger partial charge in [0, 0.05) is 6.04 Å². The predicted molar refractivity (Wildman–Crippen MR) is 48.9 cm³/mol. The second-order valence-electron chi connectivity index (χ2n) is 3.52. The first-order valence-electron chi connectivity index (χ1n) is 4.70. The van der Waals surface area contributed by atoms with E-state index in [-0.39, 0.29) is 12.0 Å². The summed E-state index contributed by atoms with van der Waals surface area (Å²) in [5, 5.41) is 11.4. The van der Waals surface area contributed by atoms with Crippen molar-refractivity contribution in [2.75, 3.05) is 7.11 Å². The maximum atomic E-state index is 10.8. The van der Waals surface area contributed by atoms with Gasteiger partial charge in [-0.05, 0) is 25.7 Å². The minimum atomic E-state index is -0.735. The van der Waals surface area contributed by atoms with E-state index in [1.807, 2.05) is 0 Å². The van der Waals surface area contributed by atoms with Crippen LogP contribution in [-0.2, 0) is 9.53 Å². The molecular weight excluding hydrogens is 186 g/mol. The molecule has 0 unspecified atom stereocenters. The largest absolute Gasteiger partial charge is 0.481 e. The summed E-state index contributed by atoms with van der Waals surface area (Å²) in [7, 11) is 1.32. The third kappa shape index (κ3) is 2.90. The van der Waals surface area contributed by atoms with Crippen LogP contribution in [-0.4, -0.2) is 30.3 Å². The van der Waals surface area contributed by atoms with E-state index in [4.69, 9.17) is 5.11 Å². The number of carboxylic acids is 1. The Hall–Kier alpha value is -1.26. The molecule has 5 heteroatoms. The molecule has 2 N–H and O–H groups in total. The molecule has 0 saturated heterocycles. The second kappa shape index (κ2) is 4.83. The highest BCUT2D eigenvalue weighted by Crippen LogP contribution is 2.24. The van der Waals surface area contributed by atoms with Crippen molar-refractivity contribution in [2.24, 2.45) is 5.92 Å². The van der Waals surface area contributed by atoms with Gasteiger partial charge in [-0.15, -0.1) is 0 Å². The average Bonchev–Trinajstić information content (AvgIpc) is 2.18. The van der Waals surface area contributed by atoms with E-state index in [2.05, 4.69) is 10.1 Å². The maximum Gasteiger partial charge on any atom is 0.407 e. The fourth-order valence-electron chi connectivity index (χ4n) is 1.71. The van der Waals surface area contributed by atoms with E-state index in [1.165, 1.54) is 7.11 Å². The first-order chi connectivity index (χ1) is 6.63. The number of aliphatic carboxylic acids is 1. The topological polar surface area (TPSA) is 75.6 Å². The third-order valence-electron chi connectivity index (χ3n) is 2.58. The van der Waals surface area contributed by atoms with Crippen LogP contribution in [0.2, 0.25) is 0 Å². The smallest absolute Gasteiger partial charge is 0.407 e. The third-order valence-corrected chi connectivity index (χ3v) is 2.58. The van der Waals surface area contributed by atoms with Gasteiger partial charge < -0.3 is 15.2 Å². The van der Waals surface area contributed by atoms with Crippen molar-refractivity contribution in [3.8, 4) is 0 Å². The summed E-state index contributed by atoms with van der Waals surface area (Å²) in [6, 6.07) is 0.0676. The van der Waals surface area contributed by atoms with Gasteiger partial charge in [0.15, 0.2) is 0 Å². The van der Waals surface area contributed by atoms with Crippen molar-refractivity contribution in [1.82, 2.24) is 5.32 Å². The van der Waals surface area contributed by atoms with Gasteiger partial charge in [-0.2, -0.15) is 0 Å². The summed E-state index contributed by atoms with van der Waals surface area (Å²) < 4.78 is 4.46. The number of rotatable bonds is 2. The van der Waals surface area contributed by atoms with Gasteiger partial charge in [0.1, 0.15) is 0 Å². The molecular formula is C9H15NO4. The highest BCUT2D eigenvalue weighted by atomic mass is 16.5. The van der Waals surface area contributed by atoms with Crippen LogP contribution in [0.15, 0.2) is 0 Å². The minimum Gasteiger partial charge on any atom is -0.481 e. The van der Waals surface area contributed by atoms with Gasteiger partial charge in [0.05, 0.1) is 13.0 Å². The first-order valence-corrected chi connectivity index (χ1v) is 4.70. The lowest BCUT2D eigenvalue weighted by Gasteiger charge is -2.26. The first kappa shape index (κ1) is 10.8. The van der Waals surface area contributed by atoms with Crippen LogP contribution in [0.5, 0.6) is 0 Å². The molecule has 0 aromatic carbocycles. The summed E-state index contributed by atoms with van der Waals surface area (Å²) in [6.07, 6.45) is 2.25. The fraction of sp³-hybridized carbons (Fsp3) is 0.778. The summed E-state index contributed by atoms with van der Waals surface area (Å²) in [6.45, 7) is 0. The molecule has 80 valence electrons. The number of carbonyl (C=O) groups excluding carboxylic acids is 1. The molecule has 1 aliphatic rings. The fourth-order valence-corrected chi connectivity index (χ4v) is 1.71. The Morgan fingerprint density at radius 2 is 1.86 bits per heavy atom. The number of nitrogens with one attached hydrogen (secondary N) is 1. The van der Waals surface area contributed by atoms with Gasteiger partial charge in [-0.25, -0.2) is 4.79 Å². The number of alkyl carbamates (subject to hydrolysis) is 1. The van der Waals surface area contributed by atoms with Crippen LogP contribution in [0.3, 0.4) is 0 Å². The van der Waals surface area contributed by atoms with E-state index >= 15 is 0 Å². The molecule has 5 nitrogen and oxygen atoms in total. The quantitative estimate of drug-likeness (QED) is 0.698. The van der Waals surface area contributed by atoms with Crippen LogP contribution in [0.25, 0.3) is 0 Å². The number of ether oxygens (including phenoxy) is 1. The van der Waals surface area contributed by atoms with E-state index in [1.54, 1.807) is 0 Å². The van der Waals surface area contributed by atoms with Crippen LogP contribution in [0.1, 0.15) is 25.7 Å². The zero-order valence-corrected chi connectivity index (χ0v) is 8.16. The molecule has 0 aromatic rings. The van der Waals surface area contributed by atoms with Crippen molar-refractivity contribution in [3.63, 3.8) is 0 Å². The molecule has 14 heavy (non-hydrogen) atoms. The number of carboxylic acid groups (broad SMARTS) is 1. The SMILES string of the molecule is COC(=O)NC1CCC(C(=O)O)CC1. The lowest BCUT2D eigenvalue weighted by Crippen LogP contribution is -2.38. The zero-order chi connectivity index (χ0) is 10.6. The van der Waals surface area contributed by atoms with Crippen LogP contribution in [0.4, 0.5) is 4.79 Å². The lowest BCUT2D eigenvalue weighted by atomic mass is 9.86. The van der Waals surface area contributed by atoms with Crippen molar-refractivity contribution in [1.29, 1.82) is 0 Å². The molecule has 1 rings (SSSR count). The number of methoxy groups -OCH3 is 1. The van der Waals surface area contributed by atoms with Crippen LogP contribution < -0.4 is 5.32 Å². The van der Waals surface area contributed by atoms with Crippen molar-refractivity contribution < 1.29 is 19.4 Å². The van der Waals surface area contributed by atoms with Crippen LogP contribution in [0, 0.1) is 5.92 Å². The minimum absolute atomic E-state index is 0.0676. The number of amides is 1. The summed E-state index contributed by atoms with van der Waals surface area (Å²) in [5.41, 5.74) is 0. The van der Waals surface area contributed by atoms with Gasteiger partial charge >= 0.3 is 12.1 Å². The van der Waals surface area contributed by atoms with Gasteiger partial charge in [-0.3, -0.25) is 4.79 Å². The molecule has 0 bridgehead atoms. The molecule has 0 radical (unpaired) electrons. The lowest BCUT2D eigenvalue weighted by molar-refractivity contribution is -0.142. The Morgan fingerprint density at radius 1 is 1.29 bits per heavy atom. The molecule has 0 aromatic heterocycles. The van der Waals surface area contributed by atoms with Gasteiger partial charge in [0.25, 0.3) is 0 Å². The van der Waals surface area contributed by atoms with Crippen molar-refractivity contribution >= 4 is 12.1 Å². The average molecular weight is 201 g/mol. The monoisotopic (exact) mass is 201 g/mol. The van der Waals surface area contributed by atoms with E-state index in [9.17, 15) is 9.59 Å². The Morgan fingerprint density at radius 3 is 2.29 bits per heavy atom. The van der Waals surface area contributed by atoms with Gasteiger partial charge in [0.2, 0.25) is 0 Å². The second-order valence-corrected chi connectivity index (χ2v) is 3.52. The molecule has 0 aliphatic heterocycles. The molecule has 0 spiro atoms. The Bertz CT molecular complexity index is 221. The van der Waals surface area contributed by atoms with E-state index in [0.29, 0.717) is 25.7 Å². The molecule has 0 heterocycles. The Balaban J connectivity index is 2.29. The summed E-state index contributed by atoms with van der Waals surface area (Å²) in [4.78, 5) is 21.5. The highest BCUT2D eigenvalue weighted by Gasteiger charge is 2.26. The summed E-state index contributed by atoms with van der Waals surface area (Å²) in [5.74, 6) is -0.979. The van der Waals surface area contributed by atoms with E-state index < -0.39 is 12.1 Å². The molecule has 1 fully saturated rings. The molecule has 1 amide bonds. The van der Waals surface area contributed by atoms with Crippen molar-refractivity contribution in [3.05, 3.63) is 0 Å². The predicted octanol–water partition coefficient (Wildman–Crippen LogP) is 0.986. The van der Waals surface area contributed by atoms with Crippen LogP contribution >= 0.6 is 0 Å². The number of hydrogen-bond acceptors (Lipinski definition) is 3. The summed E-state index contributed by atoms with van der Waals surface area (Å²) >= 11 is 0. The van der Waals surface area contributed by atoms with Gasteiger partial charge in [-0.1, -0.05) is 0 Å². The molecule has 1 saturated carbocycles. The Labute approximate surface area is 82.4 Å². The molecule has 1 aliphatic carbocycles.